The summed E-state index contributed by atoms with van der Waals surface area (Å²) in [6, 6.07) is 3.04. The topological polar surface area (TPSA) is 58.1 Å². The monoisotopic (exact) mass is 420 g/mol. The lowest BCUT2D eigenvalue weighted by atomic mass is 9.92. The molecule has 162 valence electrons. The lowest BCUT2D eigenvalue weighted by Gasteiger charge is -2.30. The van der Waals surface area contributed by atoms with Gasteiger partial charge in [0.1, 0.15) is 5.82 Å². The number of aryl methyl sites for hydroxylation is 2. The van der Waals surface area contributed by atoms with Crippen molar-refractivity contribution in [2.75, 3.05) is 16.8 Å². The second-order valence-electron chi connectivity index (χ2n) is 9.04. The number of halogens is 3. The number of rotatable bonds is 3. The van der Waals surface area contributed by atoms with Crippen LogP contribution in [0.15, 0.2) is 18.3 Å². The Morgan fingerprint density at radius 2 is 1.90 bits per heavy atom. The molecule has 1 aliphatic heterocycles. The maximum absolute atomic E-state index is 13.0. The summed E-state index contributed by atoms with van der Waals surface area (Å²) in [5.74, 6) is 0.614. The Hall–Kier alpha value is -2.64. The maximum atomic E-state index is 13.0. The van der Waals surface area contributed by atoms with Crippen LogP contribution in [0.25, 0.3) is 0 Å². The van der Waals surface area contributed by atoms with Crippen molar-refractivity contribution in [3.63, 3.8) is 0 Å². The number of carbonyl (C=O) groups excluding carboxylic acids is 1. The van der Waals surface area contributed by atoms with Gasteiger partial charge in [-0.3, -0.25) is 9.78 Å². The van der Waals surface area contributed by atoms with Gasteiger partial charge in [0.2, 0.25) is 5.91 Å². The van der Waals surface area contributed by atoms with E-state index in [-0.39, 0.29) is 11.3 Å². The fraction of sp³-hybridized carbons (Fsp3) is 0.500. The van der Waals surface area contributed by atoms with Gasteiger partial charge in [0.15, 0.2) is 0 Å². The summed E-state index contributed by atoms with van der Waals surface area (Å²) in [6.45, 7) is 10.7. The lowest BCUT2D eigenvalue weighted by Crippen LogP contribution is -2.32. The van der Waals surface area contributed by atoms with Crippen molar-refractivity contribution in [3.05, 3.63) is 46.4 Å². The van der Waals surface area contributed by atoms with Crippen LogP contribution in [0.1, 0.15) is 55.3 Å². The Labute approximate surface area is 174 Å². The molecule has 1 N–H and O–H groups in total. The van der Waals surface area contributed by atoms with Crippen LogP contribution in [0.4, 0.5) is 24.7 Å². The van der Waals surface area contributed by atoms with Crippen molar-refractivity contribution >= 4 is 17.4 Å². The van der Waals surface area contributed by atoms with Crippen molar-refractivity contribution in [2.24, 2.45) is 5.41 Å². The van der Waals surface area contributed by atoms with Gasteiger partial charge in [0.25, 0.3) is 0 Å². The summed E-state index contributed by atoms with van der Waals surface area (Å²) >= 11 is 0. The van der Waals surface area contributed by atoms with Gasteiger partial charge in [-0.05, 0) is 42.5 Å². The average Bonchev–Trinajstić information content (AvgIpc) is 2.61. The molecular weight excluding hydrogens is 393 g/mol. The number of hydrogen-bond donors (Lipinski definition) is 1. The highest BCUT2D eigenvalue weighted by Crippen LogP contribution is 2.32. The second-order valence-corrected chi connectivity index (χ2v) is 9.04. The predicted molar refractivity (Wildman–Crippen MR) is 110 cm³/mol. The minimum atomic E-state index is -4.41. The first-order chi connectivity index (χ1) is 13.8. The molecule has 3 rings (SSSR count). The van der Waals surface area contributed by atoms with Crippen LogP contribution >= 0.6 is 0 Å². The van der Waals surface area contributed by atoms with Gasteiger partial charge in [0.05, 0.1) is 16.9 Å². The first-order valence-corrected chi connectivity index (χ1v) is 9.91. The van der Waals surface area contributed by atoms with Crippen LogP contribution in [0.3, 0.4) is 0 Å². The number of carbonyl (C=O) groups is 1. The van der Waals surface area contributed by atoms with E-state index in [0.717, 1.165) is 11.8 Å². The minimum Gasteiger partial charge on any atom is -0.352 e. The predicted octanol–water partition coefficient (Wildman–Crippen LogP) is 5.05. The number of nitrogens with one attached hydrogen (secondary N) is 1. The molecule has 0 fully saturated rings. The molecule has 0 radical (unpaired) electrons. The van der Waals surface area contributed by atoms with E-state index >= 15 is 0 Å². The molecule has 0 bridgehead atoms. The number of hydrogen-bond acceptors (Lipinski definition) is 4. The summed E-state index contributed by atoms with van der Waals surface area (Å²) in [7, 11) is 0. The number of pyridine rings is 2. The number of aromatic nitrogens is 2. The van der Waals surface area contributed by atoms with E-state index in [2.05, 4.69) is 15.3 Å². The Morgan fingerprint density at radius 3 is 2.50 bits per heavy atom. The summed E-state index contributed by atoms with van der Waals surface area (Å²) in [5, 5.41) is 2.95. The first kappa shape index (κ1) is 22.1. The van der Waals surface area contributed by atoms with E-state index in [1.807, 2.05) is 45.6 Å². The van der Waals surface area contributed by atoms with E-state index in [4.69, 9.17) is 0 Å². The smallest absolute Gasteiger partial charge is 0.352 e. The summed E-state index contributed by atoms with van der Waals surface area (Å²) in [5.41, 5.74) is 2.64. The Morgan fingerprint density at radius 1 is 1.20 bits per heavy atom. The second kappa shape index (κ2) is 7.89. The van der Waals surface area contributed by atoms with Gasteiger partial charge in [-0.25, -0.2) is 4.98 Å². The van der Waals surface area contributed by atoms with Crippen molar-refractivity contribution in [1.29, 1.82) is 0 Å². The molecule has 2 aromatic heterocycles. The Balaban J connectivity index is 1.82. The molecule has 3 heterocycles. The number of anilines is 2. The molecule has 30 heavy (non-hydrogen) atoms. The molecule has 0 aromatic carbocycles. The van der Waals surface area contributed by atoms with E-state index in [9.17, 15) is 18.0 Å². The molecule has 5 nitrogen and oxygen atoms in total. The molecule has 1 amide bonds. The summed E-state index contributed by atoms with van der Waals surface area (Å²) in [4.78, 5) is 22.9. The van der Waals surface area contributed by atoms with E-state index in [1.54, 1.807) is 0 Å². The third-order valence-electron chi connectivity index (χ3n) is 5.03. The number of fused-ring (bicyclic) bond motifs is 1. The molecule has 1 aliphatic rings. The quantitative estimate of drug-likeness (QED) is 0.755. The number of nitrogens with zero attached hydrogens (tertiary/aromatic N) is 3. The van der Waals surface area contributed by atoms with Gasteiger partial charge < -0.3 is 10.2 Å². The van der Waals surface area contributed by atoms with Gasteiger partial charge in [-0.15, -0.1) is 0 Å². The zero-order chi connectivity index (χ0) is 22.3. The first-order valence-electron chi connectivity index (χ1n) is 9.91. The molecule has 0 unspecified atom stereocenters. The SMILES string of the molecule is Cc1cc(N2CCc3ncc(C(F)(F)F)cc3C2)nc(C)c1NC(=O)CC(C)(C)C. The van der Waals surface area contributed by atoms with Gasteiger partial charge in [0, 0.05) is 37.8 Å². The molecule has 0 saturated carbocycles. The summed E-state index contributed by atoms with van der Waals surface area (Å²) in [6.07, 6.45) is -2.57. The summed E-state index contributed by atoms with van der Waals surface area (Å²) < 4.78 is 39.1. The van der Waals surface area contributed by atoms with Gasteiger partial charge >= 0.3 is 6.18 Å². The molecule has 0 spiro atoms. The fourth-order valence-electron chi connectivity index (χ4n) is 3.60. The van der Waals surface area contributed by atoms with E-state index in [0.29, 0.717) is 54.4 Å². The Kier molecular flexibility index (Phi) is 5.80. The zero-order valence-electron chi connectivity index (χ0n) is 17.9. The van der Waals surface area contributed by atoms with Crippen molar-refractivity contribution in [3.8, 4) is 0 Å². The van der Waals surface area contributed by atoms with Crippen molar-refractivity contribution in [1.82, 2.24) is 9.97 Å². The van der Waals surface area contributed by atoms with Gasteiger partial charge in [-0.1, -0.05) is 20.8 Å². The average molecular weight is 420 g/mol. The maximum Gasteiger partial charge on any atom is 0.417 e. The normalized spacial score (nSPS) is 14.5. The van der Waals surface area contributed by atoms with E-state index in [1.165, 1.54) is 6.07 Å². The van der Waals surface area contributed by atoms with Gasteiger partial charge in [-0.2, -0.15) is 13.2 Å². The van der Waals surface area contributed by atoms with E-state index < -0.39 is 11.7 Å². The Bertz CT molecular complexity index is 941. The van der Waals surface area contributed by atoms with Crippen LogP contribution in [0, 0.1) is 19.3 Å². The molecule has 0 aliphatic carbocycles. The highest BCUT2D eigenvalue weighted by molar-refractivity contribution is 5.92. The molecular formula is C22H27F3N4O. The van der Waals surface area contributed by atoms with Crippen LogP contribution in [-0.2, 0) is 23.9 Å². The van der Waals surface area contributed by atoms with Crippen molar-refractivity contribution < 1.29 is 18.0 Å². The van der Waals surface area contributed by atoms with Crippen LogP contribution < -0.4 is 10.2 Å². The highest BCUT2D eigenvalue weighted by atomic mass is 19.4. The lowest BCUT2D eigenvalue weighted by molar-refractivity contribution is -0.137. The van der Waals surface area contributed by atoms with Crippen molar-refractivity contribution in [2.45, 2.75) is 60.2 Å². The molecule has 0 saturated heterocycles. The number of amides is 1. The fourth-order valence-corrected chi connectivity index (χ4v) is 3.60. The third-order valence-corrected chi connectivity index (χ3v) is 5.03. The minimum absolute atomic E-state index is 0.0686. The molecule has 8 heteroatoms. The standard InChI is InChI=1S/C22H27F3N4O/c1-13-8-18(27-14(2)20(13)28-19(30)10-21(3,4)5)29-7-6-17-15(12-29)9-16(11-26-17)22(23,24)25/h8-9,11H,6-7,10,12H2,1-5H3,(H,28,30). The van der Waals surface area contributed by atoms with Crippen LogP contribution in [-0.4, -0.2) is 22.4 Å². The zero-order valence-corrected chi connectivity index (χ0v) is 17.9. The van der Waals surface area contributed by atoms with Crippen LogP contribution in [0.2, 0.25) is 0 Å². The third kappa shape index (κ3) is 5.09. The number of alkyl halides is 3. The molecule has 2 aromatic rings. The van der Waals surface area contributed by atoms with Crippen LogP contribution in [0.5, 0.6) is 0 Å². The molecule has 0 atom stereocenters. The largest absolute Gasteiger partial charge is 0.417 e. The highest BCUT2D eigenvalue weighted by Gasteiger charge is 2.32.